The van der Waals surface area contributed by atoms with Gasteiger partial charge in [0.05, 0.1) is 24.1 Å². The van der Waals surface area contributed by atoms with Gasteiger partial charge in [-0.15, -0.1) is 0 Å². The number of aromatic nitrogens is 3. The Hall–Kier alpha value is -3.56. The van der Waals surface area contributed by atoms with E-state index in [2.05, 4.69) is 20.1 Å². The van der Waals surface area contributed by atoms with Crippen LogP contribution in [0.1, 0.15) is 27.0 Å². The van der Waals surface area contributed by atoms with Crippen LogP contribution < -0.4 is 10.0 Å². The Kier molecular flexibility index (Phi) is 6.29. The zero-order valence-electron chi connectivity index (χ0n) is 17.5. The lowest BCUT2D eigenvalue weighted by molar-refractivity contribution is 0.0950. The van der Waals surface area contributed by atoms with E-state index in [1.165, 1.54) is 7.05 Å². The van der Waals surface area contributed by atoms with Gasteiger partial charge in [0, 0.05) is 18.1 Å². The third-order valence-electron chi connectivity index (χ3n) is 5.06. The average Bonchev–Trinajstić information content (AvgIpc) is 3.21. The minimum absolute atomic E-state index is 0.0836. The van der Waals surface area contributed by atoms with Gasteiger partial charge in [-0.3, -0.25) is 4.79 Å². The van der Waals surface area contributed by atoms with Crippen molar-refractivity contribution < 1.29 is 13.2 Å². The summed E-state index contributed by atoms with van der Waals surface area (Å²) in [5.41, 5.74) is 3.84. The number of carbonyl (C=O) groups is 1. The molecule has 4 rings (SSSR count). The van der Waals surface area contributed by atoms with E-state index < -0.39 is 10.0 Å². The Bertz CT molecular complexity index is 1330. The second-order valence-electron chi connectivity index (χ2n) is 7.39. The second-order valence-corrected chi connectivity index (χ2v) is 9.31. The Morgan fingerprint density at radius 2 is 1.69 bits per heavy atom. The Balaban J connectivity index is 1.40. The minimum Gasteiger partial charge on any atom is -0.348 e. The van der Waals surface area contributed by atoms with Gasteiger partial charge >= 0.3 is 0 Å². The molecule has 0 bridgehead atoms. The van der Waals surface area contributed by atoms with Crippen LogP contribution in [0.2, 0.25) is 0 Å². The molecule has 0 unspecified atom stereocenters. The minimum atomic E-state index is -3.31. The van der Waals surface area contributed by atoms with E-state index in [-0.39, 0.29) is 11.7 Å². The normalized spacial score (nSPS) is 11.5. The summed E-state index contributed by atoms with van der Waals surface area (Å²) < 4.78 is 27.4. The molecule has 2 heterocycles. The van der Waals surface area contributed by atoms with Gasteiger partial charge in [0.25, 0.3) is 5.91 Å². The second kappa shape index (κ2) is 9.29. The van der Waals surface area contributed by atoms with Crippen molar-refractivity contribution in [2.45, 2.75) is 18.8 Å². The molecule has 0 fully saturated rings. The van der Waals surface area contributed by atoms with Gasteiger partial charge in [-0.2, -0.15) is 5.10 Å². The van der Waals surface area contributed by atoms with Crippen LogP contribution in [0.3, 0.4) is 0 Å². The number of nitrogens with zero attached hydrogens (tertiary/aromatic N) is 3. The fraction of sp³-hybridized carbons (Fsp3) is 0.174. The Labute approximate surface area is 186 Å². The average molecular weight is 450 g/mol. The maximum Gasteiger partial charge on any atom is 0.253 e. The molecule has 1 amide bonds. The fourth-order valence-corrected chi connectivity index (χ4v) is 4.07. The number of carbonyl (C=O) groups excluding carboxylic acids is 1. The van der Waals surface area contributed by atoms with E-state index in [4.69, 9.17) is 0 Å². The summed E-state index contributed by atoms with van der Waals surface area (Å²) in [6.45, 7) is 0.928. The predicted molar refractivity (Wildman–Crippen MR) is 122 cm³/mol. The Morgan fingerprint density at radius 3 is 2.41 bits per heavy atom. The van der Waals surface area contributed by atoms with Crippen LogP contribution in [0.15, 0.2) is 73.1 Å². The topological polar surface area (TPSA) is 106 Å². The SMILES string of the molecule is CNS(=O)(=O)Cc1ccc(CNC(=O)c2cnc3c(cnn3Cc3ccccc3)c2)cc1. The number of hydrogen-bond acceptors (Lipinski definition) is 5. The van der Waals surface area contributed by atoms with Gasteiger partial charge < -0.3 is 5.32 Å². The molecule has 0 aliphatic rings. The zero-order valence-corrected chi connectivity index (χ0v) is 18.3. The van der Waals surface area contributed by atoms with E-state index >= 15 is 0 Å². The number of hydrogen-bond donors (Lipinski definition) is 2. The van der Waals surface area contributed by atoms with Gasteiger partial charge in [-0.25, -0.2) is 22.8 Å². The van der Waals surface area contributed by atoms with Crippen LogP contribution in [-0.2, 0) is 28.9 Å². The molecule has 0 radical (unpaired) electrons. The summed E-state index contributed by atoms with van der Waals surface area (Å²) in [6.07, 6.45) is 3.26. The third-order valence-corrected chi connectivity index (χ3v) is 6.39. The number of pyridine rings is 1. The van der Waals surface area contributed by atoms with Crippen molar-refractivity contribution in [2.75, 3.05) is 7.05 Å². The molecule has 0 saturated heterocycles. The molecule has 0 aliphatic carbocycles. The summed E-state index contributed by atoms with van der Waals surface area (Å²) in [7, 11) is -1.93. The summed E-state index contributed by atoms with van der Waals surface area (Å²) >= 11 is 0. The van der Waals surface area contributed by atoms with Crippen LogP contribution in [0.4, 0.5) is 0 Å². The molecule has 9 heteroatoms. The standard InChI is InChI=1S/C23H23N5O3S/c1-24-32(30,31)16-19-9-7-17(8-10-19)12-26-23(29)21-11-20-14-27-28(22(20)25-13-21)15-18-5-3-2-4-6-18/h2-11,13-14,24H,12,15-16H2,1H3,(H,26,29). The molecule has 4 aromatic rings. The van der Waals surface area contributed by atoms with Crippen molar-refractivity contribution in [3.63, 3.8) is 0 Å². The lowest BCUT2D eigenvalue weighted by Gasteiger charge is -2.08. The number of amides is 1. The van der Waals surface area contributed by atoms with Gasteiger partial charge in [0.1, 0.15) is 0 Å². The van der Waals surface area contributed by atoms with Crippen LogP contribution in [0.25, 0.3) is 11.0 Å². The lowest BCUT2D eigenvalue weighted by Crippen LogP contribution is -2.23. The third kappa shape index (κ3) is 5.19. The summed E-state index contributed by atoms with van der Waals surface area (Å²) in [6, 6.07) is 18.9. The first kappa shape index (κ1) is 21.7. The summed E-state index contributed by atoms with van der Waals surface area (Å²) in [5.74, 6) is -0.322. The largest absolute Gasteiger partial charge is 0.348 e. The van der Waals surface area contributed by atoms with Crippen molar-refractivity contribution in [1.82, 2.24) is 24.8 Å². The predicted octanol–water partition coefficient (Wildman–Crippen LogP) is 2.46. The molecule has 2 aromatic carbocycles. The van der Waals surface area contributed by atoms with Gasteiger partial charge in [-0.05, 0) is 29.8 Å². The molecule has 0 atom stereocenters. The quantitative estimate of drug-likeness (QED) is 0.430. The molecule has 0 spiro atoms. The van der Waals surface area contributed by atoms with Crippen LogP contribution in [0.5, 0.6) is 0 Å². The number of nitrogens with one attached hydrogen (secondary N) is 2. The molecule has 2 aromatic heterocycles. The highest BCUT2D eigenvalue weighted by atomic mass is 32.2. The van der Waals surface area contributed by atoms with Crippen molar-refractivity contribution in [2.24, 2.45) is 0 Å². The van der Waals surface area contributed by atoms with Crippen LogP contribution >= 0.6 is 0 Å². The molecule has 0 aliphatic heterocycles. The molecule has 32 heavy (non-hydrogen) atoms. The van der Waals surface area contributed by atoms with Gasteiger partial charge in [0.2, 0.25) is 10.0 Å². The molecule has 0 saturated carbocycles. The van der Waals surface area contributed by atoms with Crippen molar-refractivity contribution in [3.05, 3.63) is 95.3 Å². The molecular formula is C23H23N5O3S. The number of fused-ring (bicyclic) bond motifs is 1. The monoisotopic (exact) mass is 449 g/mol. The van der Waals surface area contributed by atoms with E-state index in [1.54, 1.807) is 42.7 Å². The molecule has 2 N–H and O–H groups in total. The maximum atomic E-state index is 12.6. The van der Waals surface area contributed by atoms with Gasteiger partial charge in [0.15, 0.2) is 5.65 Å². The number of sulfonamides is 1. The first-order valence-corrected chi connectivity index (χ1v) is 11.7. The van der Waals surface area contributed by atoms with E-state index in [9.17, 15) is 13.2 Å². The Morgan fingerprint density at radius 1 is 0.969 bits per heavy atom. The maximum absolute atomic E-state index is 12.6. The first-order valence-electron chi connectivity index (χ1n) is 10.1. The van der Waals surface area contributed by atoms with Gasteiger partial charge in [-0.1, -0.05) is 54.6 Å². The first-order chi connectivity index (χ1) is 15.4. The number of rotatable bonds is 8. The molecule has 164 valence electrons. The zero-order chi connectivity index (χ0) is 22.6. The molecular weight excluding hydrogens is 426 g/mol. The van der Waals surface area contributed by atoms with Crippen LogP contribution in [-0.4, -0.2) is 36.1 Å². The summed E-state index contributed by atoms with van der Waals surface area (Å²) in [5, 5.41) is 8.06. The van der Waals surface area contributed by atoms with Crippen molar-refractivity contribution in [1.29, 1.82) is 0 Å². The molecule has 8 nitrogen and oxygen atoms in total. The smallest absolute Gasteiger partial charge is 0.253 e. The van der Waals surface area contributed by atoms with E-state index in [0.29, 0.717) is 24.2 Å². The fourth-order valence-electron chi connectivity index (χ4n) is 3.30. The lowest BCUT2D eigenvalue weighted by atomic mass is 10.1. The van der Waals surface area contributed by atoms with Crippen molar-refractivity contribution >= 4 is 27.0 Å². The van der Waals surface area contributed by atoms with Crippen LogP contribution in [0, 0.1) is 0 Å². The highest BCUT2D eigenvalue weighted by Crippen LogP contribution is 2.15. The number of benzene rings is 2. The van der Waals surface area contributed by atoms with Crippen molar-refractivity contribution in [3.8, 4) is 0 Å². The highest BCUT2D eigenvalue weighted by molar-refractivity contribution is 7.88. The summed E-state index contributed by atoms with van der Waals surface area (Å²) in [4.78, 5) is 17.0. The highest BCUT2D eigenvalue weighted by Gasteiger charge is 2.12. The van der Waals surface area contributed by atoms with E-state index in [1.807, 2.05) is 35.0 Å². The van der Waals surface area contributed by atoms with E-state index in [0.717, 1.165) is 22.2 Å².